The summed E-state index contributed by atoms with van der Waals surface area (Å²) in [5, 5.41) is 6.54. The fourth-order valence-electron chi connectivity index (χ4n) is 3.54. The van der Waals surface area contributed by atoms with Gasteiger partial charge in [0.1, 0.15) is 0 Å². The van der Waals surface area contributed by atoms with Crippen molar-refractivity contribution < 1.29 is 4.79 Å². The average molecular weight is 286 g/mol. The van der Waals surface area contributed by atoms with Gasteiger partial charge in [-0.1, -0.05) is 45.0 Å². The molecule has 1 saturated heterocycles. The van der Waals surface area contributed by atoms with E-state index in [1.54, 1.807) is 0 Å². The average Bonchev–Trinajstić information content (AvgIpc) is 2.40. The van der Waals surface area contributed by atoms with E-state index < -0.39 is 0 Å². The largest absolute Gasteiger partial charge is 0.349 e. The monoisotopic (exact) mass is 286 g/mol. The molecule has 2 unspecified atom stereocenters. The van der Waals surface area contributed by atoms with E-state index in [-0.39, 0.29) is 23.3 Å². The highest BCUT2D eigenvalue weighted by molar-refractivity contribution is 5.79. The number of hydrogen-bond acceptors (Lipinski definition) is 2. The quantitative estimate of drug-likeness (QED) is 0.897. The minimum Gasteiger partial charge on any atom is -0.349 e. The Labute approximate surface area is 127 Å². The Hall–Kier alpha value is -1.35. The number of amides is 1. The van der Waals surface area contributed by atoms with Gasteiger partial charge in [0.2, 0.25) is 5.91 Å². The first-order chi connectivity index (χ1) is 9.99. The van der Waals surface area contributed by atoms with Gasteiger partial charge < -0.3 is 10.6 Å². The summed E-state index contributed by atoms with van der Waals surface area (Å²) in [5.41, 5.74) is 2.90. The maximum absolute atomic E-state index is 12.5. The number of rotatable bonds is 3. The molecule has 0 radical (unpaired) electrons. The molecule has 3 nitrogen and oxygen atoms in total. The van der Waals surface area contributed by atoms with Gasteiger partial charge in [-0.3, -0.25) is 4.79 Å². The van der Waals surface area contributed by atoms with Crippen LogP contribution in [0.2, 0.25) is 0 Å². The Bertz CT molecular complexity index is 534. The lowest BCUT2D eigenvalue weighted by Gasteiger charge is -2.38. The van der Waals surface area contributed by atoms with Crippen LogP contribution in [-0.4, -0.2) is 19.0 Å². The van der Waals surface area contributed by atoms with Crippen LogP contribution in [0.5, 0.6) is 0 Å². The molecular weight excluding hydrogens is 260 g/mol. The molecule has 1 fully saturated rings. The second-order valence-corrected chi connectivity index (χ2v) is 7.28. The Morgan fingerprint density at radius 3 is 2.71 bits per heavy atom. The van der Waals surface area contributed by atoms with E-state index in [0.29, 0.717) is 5.92 Å². The van der Waals surface area contributed by atoms with Crippen molar-refractivity contribution in [3.63, 3.8) is 0 Å². The summed E-state index contributed by atoms with van der Waals surface area (Å²) in [6.45, 7) is 8.60. The summed E-state index contributed by atoms with van der Waals surface area (Å²) < 4.78 is 0. The van der Waals surface area contributed by atoms with Gasteiger partial charge in [0.05, 0.1) is 6.04 Å². The zero-order valence-corrected chi connectivity index (χ0v) is 13.3. The molecule has 2 aliphatic rings. The molecule has 0 spiro atoms. The van der Waals surface area contributed by atoms with Crippen molar-refractivity contribution in [2.24, 2.45) is 11.8 Å². The van der Waals surface area contributed by atoms with Crippen molar-refractivity contribution in [2.75, 3.05) is 13.1 Å². The molecule has 1 aliphatic carbocycles. The van der Waals surface area contributed by atoms with Gasteiger partial charge >= 0.3 is 0 Å². The number of hydrogen-bond donors (Lipinski definition) is 2. The highest BCUT2D eigenvalue weighted by Crippen LogP contribution is 2.41. The molecule has 3 heteroatoms. The fourth-order valence-corrected chi connectivity index (χ4v) is 3.54. The lowest BCUT2D eigenvalue weighted by molar-refractivity contribution is -0.127. The van der Waals surface area contributed by atoms with Crippen molar-refractivity contribution in [3.05, 3.63) is 35.4 Å². The number of carbonyl (C=O) groups excluding carboxylic acids is 1. The van der Waals surface area contributed by atoms with Crippen molar-refractivity contribution >= 4 is 5.91 Å². The first kappa shape index (κ1) is 14.6. The van der Waals surface area contributed by atoms with Crippen LogP contribution >= 0.6 is 0 Å². The van der Waals surface area contributed by atoms with Gasteiger partial charge in [-0.2, -0.15) is 0 Å². The van der Waals surface area contributed by atoms with Crippen LogP contribution in [0.3, 0.4) is 0 Å². The fraction of sp³-hybridized carbons (Fsp3) is 0.611. The number of nitrogens with one attached hydrogen (secondary N) is 2. The van der Waals surface area contributed by atoms with Crippen molar-refractivity contribution in [1.29, 1.82) is 0 Å². The summed E-state index contributed by atoms with van der Waals surface area (Å²) in [5.74, 6) is 0.814. The molecule has 2 atom stereocenters. The summed E-state index contributed by atoms with van der Waals surface area (Å²) in [6.07, 6.45) is 2.15. The predicted molar refractivity (Wildman–Crippen MR) is 85.1 cm³/mol. The normalized spacial score (nSPS) is 25.6. The van der Waals surface area contributed by atoms with Crippen LogP contribution in [0.15, 0.2) is 24.3 Å². The highest BCUT2D eigenvalue weighted by atomic mass is 16.1. The van der Waals surface area contributed by atoms with Crippen LogP contribution in [0.1, 0.15) is 50.8 Å². The minimum absolute atomic E-state index is 0.105. The second-order valence-electron chi connectivity index (χ2n) is 7.28. The molecule has 1 aromatic carbocycles. The molecule has 1 aromatic rings. The number of benzene rings is 1. The topological polar surface area (TPSA) is 41.1 Å². The van der Waals surface area contributed by atoms with Crippen molar-refractivity contribution in [1.82, 2.24) is 10.6 Å². The summed E-state index contributed by atoms with van der Waals surface area (Å²) >= 11 is 0. The lowest BCUT2D eigenvalue weighted by atomic mass is 9.71. The molecule has 1 aliphatic heterocycles. The standard InChI is InChI=1S/C18H26N2O/c1-12(13-10-19-11-13)17(21)20-16-8-9-18(2,3)15-7-5-4-6-14(15)16/h4-7,12-13,16,19H,8-11H2,1-3H3,(H,20,21). The van der Waals surface area contributed by atoms with Crippen LogP contribution in [0, 0.1) is 11.8 Å². The maximum atomic E-state index is 12.5. The predicted octanol–water partition coefficient (Wildman–Crippen LogP) is 2.77. The van der Waals surface area contributed by atoms with Crippen LogP contribution in [0.25, 0.3) is 0 Å². The van der Waals surface area contributed by atoms with Gasteiger partial charge in [-0.15, -0.1) is 0 Å². The van der Waals surface area contributed by atoms with E-state index in [4.69, 9.17) is 0 Å². The molecule has 3 rings (SSSR count). The SMILES string of the molecule is CC(C(=O)NC1CCC(C)(C)c2ccccc21)C1CNC1. The molecule has 0 bridgehead atoms. The summed E-state index contributed by atoms with van der Waals surface area (Å²) in [4.78, 5) is 12.5. The number of carbonyl (C=O) groups is 1. The molecule has 0 saturated carbocycles. The van der Waals surface area contributed by atoms with E-state index in [2.05, 4.69) is 55.7 Å². The van der Waals surface area contributed by atoms with E-state index in [1.165, 1.54) is 11.1 Å². The first-order valence-corrected chi connectivity index (χ1v) is 8.09. The zero-order chi connectivity index (χ0) is 15.0. The van der Waals surface area contributed by atoms with Gasteiger partial charge in [0.15, 0.2) is 0 Å². The van der Waals surface area contributed by atoms with E-state index in [9.17, 15) is 4.79 Å². The smallest absolute Gasteiger partial charge is 0.223 e. The summed E-state index contributed by atoms with van der Waals surface area (Å²) in [7, 11) is 0. The Kier molecular flexibility index (Phi) is 3.78. The van der Waals surface area contributed by atoms with E-state index in [1.807, 2.05) is 0 Å². The molecule has 114 valence electrons. The zero-order valence-electron chi connectivity index (χ0n) is 13.3. The van der Waals surface area contributed by atoms with Crippen LogP contribution in [-0.2, 0) is 10.2 Å². The van der Waals surface area contributed by atoms with Crippen LogP contribution in [0.4, 0.5) is 0 Å². The number of fused-ring (bicyclic) bond motifs is 1. The molecule has 1 amide bonds. The summed E-state index contributed by atoms with van der Waals surface area (Å²) in [6, 6.07) is 8.76. The Morgan fingerprint density at radius 2 is 2.05 bits per heavy atom. The van der Waals surface area contributed by atoms with Gasteiger partial charge in [-0.05, 0) is 48.4 Å². The molecule has 1 heterocycles. The first-order valence-electron chi connectivity index (χ1n) is 8.09. The third-order valence-corrected chi connectivity index (χ3v) is 5.37. The maximum Gasteiger partial charge on any atom is 0.223 e. The molecule has 21 heavy (non-hydrogen) atoms. The van der Waals surface area contributed by atoms with Gasteiger partial charge in [0, 0.05) is 5.92 Å². The van der Waals surface area contributed by atoms with Gasteiger partial charge in [-0.25, -0.2) is 0 Å². The van der Waals surface area contributed by atoms with Crippen molar-refractivity contribution in [3.8, 4) is 0 Å². The minimum atomic E-state index is 0.105. The molecule has 2 N–H and O–H groups in total. The highest BCUT2D eigenvalue weighted by Gasteiger charge is 2.35. The molecular formula is C18H26N2O. The Balaban J connectivity index is 1.76. The van der Waals surface area contributed by atoms with E-state index in [0.717, 1.165) is 25.9 Å². The third kappa shape index (κ3) is 2.71. The van der Waals surface area contributed by atoms with Gasteiger partial charge in [0.25, 0.3) is 0 Å². The second kappa shape index (κ2) is 5.45. The lowest BCUT2D eigenvalue weighted by Crippen LogP contribution is -2.50. The third-order valence-electron chi connectivity index (χ3n) is 5.37. The van der Waals surface area contributed by atoms with Crippen molar-refractivity contribution in [2.45, 2.75) is 45.1 Å². The Morgan fingerprint density at radius 1 is 1.33 bits per heavy atom. The van der Waals surface area contributed by atoms with Crippen LogP contribution < -0.4 is 10.6 Å². The van der Waals surface area contributed by atoms with E-state index >= 15 is 0 Å². The molecule has 0 aromatic heterocycles.